The smallest absolute Gasteiger partial charge is 0.406 e. The van der Waals surface area contributed by atoms with Crippen molar-refractivity contribution in [1.29, 1.82) is 0 Å². The second-order valence-corrected chi connectivity index (χ2v) is 3.33. The molecule has 16 heavy (non-hydrogen) atoms. The van der Waals surface area contributed by atoms with Crippen LogP contribution < -0.4 is 10.1 Å². The summed E-state index contributed by atoms with van der Waals surface area (Å²) in [5, 5.41) is 2.93. The number of ether oxygens (including phenoxy) is 1. The average molecular weight is 230 g/mol. The lowest BCUT2D eigenvalue weighted by Gasteiger charge is -2.13. The second kappa shape index (κ2) is 4.03. The van der Waals surface area contributed by atoms with Crippen molar-refractivity contribution in [3.8, 4) is 5.75 Å². The molecule has 0 bridgehead atoms. The Kier molecular flexibility index (Phi) is 2.72. The van der Waals surface area contributed by atoms with E-state index in [0.29, 0.717) is 6.54 Å². The predicted octanol–water partition coefficient (Wildman–Crippen LogP) is 2.26. The Labute approximate surface area is 89.9 Å². The molecule has 0 saturated carbocycles. The van der Waals surface area contributed by atoms with Crippen molar-refractivity contribution in [2.24, 2.45) is 4.99 Å². The topological polar surface area (TPSA) is 33.6 Å². The molecule has 86 valence electrons. The third-order valence-corrected chi connectivity index (χ3v) is 2.15. The molecule has 2 rings (SSSR count). The number of halogens is 3. The van der Waals surface area contributed by atoms with E-state index in [9.17, 15) is 13.2 Å². The fourth-order valence-corrected chi connectivity index (χ4v) is 1.48. The maximum atomic E-state index is 12.0. The van der Waals surface area contributed by atoms with Crippen LogP contribution in [0.4, 0.5) is 13.2 Å². The van der Waals surface area contributed by atoms with Crippen molar-refractivity contribution in [2.75, 3.05) is 6.54 Å². The molecule has 1 unspecified atom stereocenters. The molecule has 1 heterocycles. The van der Waals surface area contributed by atoms with Gasteiger partial charge >= 0.3 is 6.36 Å². The Morgan fingerprint density at radius 2 is 2.19 bits per heavy atom. The molecule has 0 spiro atoms. The first-order valence-electron chi connectivity index (χ1n) is 4.65. The zero-order chi connectivity index (χ0) is 11.6. The van der Waals surface area contributed by atoms with Gasteiger partial charge in [-0.2, -0.15) is 0 Å². The van der Waals surface area contributed by atoms with E-state index < -0.39 is 6.36 Å². The zero-order valence-electron chi connectivity index (χ0n) is 8.16. The monoisotopic (exact) mass is 230 g/mol. The van der Waals surface area contributed by atoms with E-state index in [1.54, 1.807) is 12.4 Å². The van der Waals surface area contributed by atoms with Gasteiger partial charge in [-0.3, -0.25) is 4.99 Å². The Bertz CT molecular complexity index is 395. The van der Waals surface area contributed by atoms with E-state index in [4.69, 9.17) is 0 Å². The van der Waals surface area contributed by atoms with E-state index in [0.717, 1.165) is 5.56 Å². The van der Waals surface area contributed by atoms with Crippen LogP contribution in [0.3, 0.4) is 0 Å². The lowest BCUT2D eigenvalue weighted by Crippen LogP contribution is -2.18. The van der Waals surface area contributed by atoms with Gasteiger partial charge in [0, 0.05) is 0 Å². The fraction of sp³-hybridized carbons (Fsp3) is 0.300. The van der Waals surface area contributed by atoms with Crippen LogP contribution in [0.5, 0.6) is 5.75 Å². The summed E-state index contributed by atoms with van der Waals surface area (Å²) in [6.45, 7) is 0.523. The van der Waals surface area contributed by atoms with Crippen molar-refractivity contribution in [2.45, 2.75) is 12.4 Å². The molecule has 1 aromatic rings. The first-order chi connectivity index (χ1) is 7.54. The quantitative estimate of drug-likeness (QED) is 0.845. The van der Waals surface area contributed by atoms with Gasteiger partial charge in [-0.25, -0.2) is 0 Å². The minimum atomic E-state index is -4.65. The van der Waals surface area contributed by atoms with Gasteiger partial charge in [0.05, 0.1) is 18.9 Å². The molecule has 1 aromatic carbocycles. The van der Waals surface area contributed by atoms with Crippen LogP contribution in [0.25, 0.3) is 0 Å². The number of nitrogens with zero attached hydrogens (tertiary/aromatic N) is 1. The zero-order valence-corrected chi connectivity index (χ0v) is 8.16. The molecule has 0 amide bonds. The lowest BCUT2D eigenvalue weighted by molar-refractivity contribution is -0.274. The number of hydrogen-bond donors (Lipinski definition) is 1. The van der Waals surface area contributed by atoms with Crippen LogP contribution in [0.2, 0.25) is 0 Å². The Morgan fingerprint density at radius 3 is 2.81 bits per heavy atom. The van der Waals surface area contributed by atoms with E-state index >= 15 is 0 Å². The summed E-state index contributed by atoms with van der Waals surface area (Å²) in [7, 11) is 0. The highest BCUT2D eigenvalue weighted by Gasteiger charge is 2.31. The molecule has 0 radical (unpaired) electrons. The first kappa shape index (κ1) is 10.8. The van der Waals surface area contributed by atoms with Crippen LogP contribution in [-0.4, -0.2) is 19.2 Å². The number of rotatable bonds is 2. The van der Waals surface area contributed by atoms with E-state index in [1.807, 2.05) is 0 Å². The highest BCUT2D eigenvalue weighted by Crippen LogP contribution is 2.26. The summed E-state index contributed by atoms with van der Waals surface area (Å²) >= 11 is 0. The van der Waals surface area contributed by atoms with Gasteiger partial charge in [0.25, 0.3) is 0 Å². The number of aliphatic imine (C=N–C) groups is 1. The third-order valence-electron chi connectivity index (χ3n) is 2.15. The molecule has 6 heteroatoms. The van der Waals surface area contributed by atoms with Crippen molar-refractivity contribution < 1.29 is 17.9 Å². The Hall–Kier alpha value is -1.72. The minimum Gasteiger partial charge on any atom is -0.406 e. The molecule has 0 aromatic heterocycles. The molecule has 0 aliphatic carbocycles. The molecule has 3 nitrogen and oxygen atoms in total. The normalized spacial score (nSPS) is 19.6. The SMILES string of the molecule is FC(F)(F)Oc1cccc(C2CN=CN2)c1. The Balaban J connectivity index is 2.13. The molecule has 1 aliphatic rings. The highest BCUT2D eigenvalue weighted by molar-refractivity contribution is 5.58. The number of hydrogen-bond acceptors (Lipinski definition) is 3. The summed E-state index contributed by atoms with van der Waals surface area (Å²) in [5.41, 5.74) is 0.722. The van der Waals surface area contributed by atoms with Crippen molar-refractivity contribution in [3.05, 3.63) is 29.8 Å². The van der Waals surface area contributed by atoms with E-state index in [2.05, 4.69) is 15.0 Å². The van der Waals surface area contributed by atoms with Crippen LogP contribution in [0.15, 0.2) is 29.3 Å². The van der Waals surface area contributed by atoms with Gasteiger partial charge in [-0.1, -0.05) is 12.1 Å². The molecular weight excluding hydrogens is 221 g/mol. The van der Waals surface area contributed by atoms with Crippen LogP contribution in [-0.2, 0) is 0 Å². The maximum Gasteiger partial charge on any atom is 0.573 e. The van der Waals surface area contributed by atoms with Gasteiger partial charge in [-0.05, 0) is 17.7 Å². The lowest BCUT2D eigenvalue weighted by atomic mass is 10.1. The van der Waals surface area contributed by atoms with Crippen LogP contribution in [0.1, 0.15) is 11.6 Å². The third kappa shape index (κ3) is 2.65. The number of benzene rings is 1. The second-order valence-electron chi connectivity index (χ2n) is 3.33. The van der Waals surface area contributed by atoms with Crippen LogP contribution >= 0.6 is 0 Å². The maximum absolute atomic E-state index is 12.0. The van der Waals surface area contributed by atoms with Crippen LogP contribution in [0, 0.1) is 0 Å². The molecule has 1 N–H and O–H groups in total. The summed E-state index contributed by atoms with van der Waals surface area (Å²) in [4.78, 5) is 3.95. The van der Waals surface area contributed by atoms with E-state index in [-0.39, 0.29) is 11.8 Å². The van der Waals surface area contributed by atoms with Crippen molar-refractivity contribution in [3.63, 3.8) is 0 Å². The molecule has 0 saturated heterocycles. The average Bonchev–Trinajstić information content (AvgIpc) is 2.68. The molecular formula is C10H9F3N2O. The molecule has 1 atom stereocenters. The van der Waals surface area contributed by atoms with Gasteiger partial charge in [0.2, 0.25) is 0 Å². The van der Waals surface area contributed by atoms with Gasteiger partial charge in [-0.15, -0.1) is 13.2 Å². The van der Waals surface area contributed by atoms with E-state index in [1.165, 1.54) is 18.2 Å². The first-order valence-corrected chi connectivity index (χ1v) is 4.65. The molecule has 1 aliphatic heterocycles. The summed E-state index contributed by atoms with van der Waals surface area (Å²) in [5.74, 6) is -0.210. The van der Waals surface area contributed by atoms with Crippen molar-refractivity contribution >= 4 is 6.34 Å². The summed E-state index contributed by atoms with van der Waals surface area (Å²) in [6, 6.07) is 5.82. The standard InChI is InChI=1S/C10H9F3N2O/c11-10(12,13)16-8-3-1-2-7(4-8)9-5-14-6-15-9/h1-4,6,9H,5H2,(H,14,15). The summed E-state index contributed by atoms with van der Waals surface area (Å²) in [6.07, 6.45) is -3.11. The Morgan fingerprint density at radius 1 is 1.38 bits per heavy atom. The van der Waals surface area contributed by atoms with Gasteiger partial charge in [0.15, 0.2) is 0 Å². The highest BCUT2D eigenvalue weighted by atomic mass is 19.4. The van der Waals surface area contributed by atoms with Crippen molar-refractivity contribution in [1.82, 2.24) is 5.32 Å². The summed E-state index contributed by atoms with van der Waals surface area (Å²) < 4.78 is 39.8. The van der Waals surface area contributed by atoms with Gasteiger partial charge in [0.1, 0.15) is 5.75 Å². The predicted molar refractivity (Wildman–Crippen MR) is 52.4 cm³/mol. The number of alkyl halides is 3. The largest absolute Gasteiger partial charge is 0.573 e. The van der Waals surface area contributed by atoms with Gasteiger partial charge < -0.3 is 10.1 Å². The number of nitrogens with one attached hydrogen (secondary N) is 1. The molecule has 0 fully saturated rings. The minimum absolute atomic E-state index is 0.0724. The fourth-order valence-electron chi connectivity index (χ4n) is 1.48.